The van der Waals surface area contributed by atoms with E-state index >= 15 is 0 Å². The number of carbonyl (C=O) groups is 3. The van der Waals surface area contributed by atoms with Crippen LogP contribution in [0, 0.1) is 0 Å². The first-order chi connectivity index (χ1) is 18.5. The van der Waals surface area contributed by atoms with Crippen LogP contribution >= 0.6 is 11.8 Å². The summed E-state index contributed by atoms with van der Waals surface area (Å²) in [6.07, 6.45) is 5.50. The summed E-state index contributed by atoms with van der Waals surface area (Å²) in [5.41, 5.74) is 2.34. The van der Waals surface area contributed by atoms with Crippen LogP contribution in [-0.2, 0) is 27.1 Å². The van der Waals surface area contributed by atoms with Crippen LogP contribution in [-0.4, -0.2) is 65.9 Å². The first kappa shape index (κ1) is 28.0. The molecule has 38 heavy (non-hydrogen) atoms. The maximum Gasteiger partial charge on any atom is 0.410 e. The first-order valence-electron chi connectivity index (χ1n) is 13.3. The van der Waals surface area contributed by atoms with Crippen molar-refractivity contribution in [1.82, 2.24) is 10.2 Å². The fourth-order valence-corrected chi connectivity index (χ4v) is 5.36. The smallest absolute Gasteiger partial charge is 0.410 e. The van der Waals surface area contributed by atoms with Gasteiger partial charge in [0, 0.05) is 6.61 Å². The molecule has 2 aromatic carbocycles. The molecule has 3 amide bonds. The van der Waals surface area contributed by atoms with Crippen molar-refractivity contribution < 1.29 is 28.6 Å². The van der Waals surface area contributed by atoms with Gasteiger partial charge in [0.25, 0.3) is 5.24 Å². The third-order valence-electron chi connectivity index (χ3n) is 6.69. The van der Waals surface area contributed by atoms with Gasteiger partial charge in [0.15, 0.2) is 0 Å². The van der Waals surface area contributed by atoms with Gasteiger partial charge >= 0.3 is 6.09 Å². The Morgan fingerprint density at radius 2 is 1.76 bits per heavy atom. The van der Waals surface area contributed by atoms with Crippen LogP contribution in [0.15, 0.2) is 54.6 Å². The normalized spacial score (nSPS) is 19.9. The summed E-state index contributed by atoms with van der Waals surface area (Å²) in [5.74, 6) is 0.432. The molecule has 0 spiro atoms. The Bertz CT molecular complexity index is 1060. The molecule has 3 atom stereocenters. The van der Waals surface area contributed by atoms with Gasteiger partial charge in [-0.15, -0.1) is 0 Å². The Morgan fingerprint density at radius 1 is 1.00 bits per heavy atom. The molecule has 2 fully saturated rings. The fourth-order valence-electron chi connectivity index (χ4n) is 4.50. The van der Waals surface area contributed by atoms with Crippen molar-refractivity contribution >= 4 is 29.0 Å². The maximum absolute atomic E-state index is 12.4. The van der Waals surface area contributed by atoms with Crippen LogP contribution in [0.3, 0.4) is 0 Å². The summed E-state index contributed by atoms with van der Waals surface area (Å²) < 4.78 is 17.1. The largest absolute Gasteiger partial charge is 0.491 e. The highest BCUT2D eigenvalue weighted by Gasteiger charge is 2.35. The Kier molecular flexibility index (Phi) is 10.5. The molecule has 8 nitrogen and oxygen atoms in total. The predicted molar refractivity (Wildman–Crippen MR) is 146 cm³/mol. The molecular formula is C29H36N2O6S. The summed E-state index contributed by atoms with van der Waals surface area (Å²) in [6.45, 7) is 3.83. The zero-order valence-corrected chi connectivity index (χ0v) is 22.6. The Morgan fingerprint density at radius 3 is 2.50 bits per heavy atom. The third-order valence-corrected chi connectivity index (χ3v) is 7.67. The van der Waals surface area contributed by atoms with E-state index in [0.29, 0.717) is 38.5 Å². The fraction of sp³-hybridized carbons (Fsp3) is 0.483. The van der Waals surface area contributed by atoms with Gasteiger partial charge < -0.3 is 14.2 Å². The van der Waals surface area contributed by atoms with Gasteiger partial charge in [0.2, 0.25) is 5.91 Å². The second-order valence-electron chi connectivity index (χ2n) is 9.77. The number of hydrogen-bond acceptors (Lipinski definition) is 7. The topological polar surface area (TPSA) is 94.2 Å². The molecule has 2 aliphatic rings. The Labute approximate surface area is 228 Å². The lowest BCUT2D eigenvalue weighted by Gasteiger charge is -2.22. The number of cyclic esters (lactones) is 1. The number of amides is 3. The quantitative estimate of drug-likeness (QED) is 0.318. The minimum absolute atomic E-state index is 0.151. The number of aryl methyl sites for hydroxylation is 1. The molecular weight excluding hydrogens is 504 g/mol. The van der Waals surface area contributed by atoms with Crippen LogP contribution in [0.25, 0.3) is 0 Å². The van der Waals surface area contributed by atoms with E-state index < -0.39 is 5.25 Å². The van der Waals surface area contributed by atoms with Crippen molar-refractivity contribution in [3.05, 3.63) is 65.7 Å². The number of rotatable bonds is 15. The molecule has 4 rings (SSSR count). The van der Waals surface area contributed by atoms with Crippen molar-refractivity contribution in [2.45, 2.75) is 62.8 Å². The maximum atomic E-state index is 12.4. The van der Waals surface area contributed by atoms with Gasteiger partial charge in [-0.25, -0.2) is 4.79 Å². The summed E-state index contributed by atoms with van der Waals surface area (Å²) in [7, 11) is 0. The van der Waals surface area contributed by atoms with E-state index in [0.717, 1.165) is 36.6 Å². The number of hydrogen-bond donors (Lipinski definition) is 1. The van der Waals surface area contributed by atoms with E-state index in [1.165, 1.54) is 18.4 Å². The standard InChI is InChI=1S/C29H36N2O6S/c1-21(19-36-24-14-12-23(13-15-24)17-26-27(32)30-28(33)38-26)31-18-25(37-29(31)34)20-35-16-8-3-2-5-9-22-10-6-4-7-11-22/h4,6-7,10-15,21,25-26H,2-3,5,8-9,16-20H2,1H3,(H,30,32,33). The van der Waals surface area contributed by atoms with E-state index in [2.05, 4.69) is 29.6 Å². The summed E-state index contributed by atoms with van der Waals surface area (Å²) in [6, 6.07) is 17.8. The lowest BCUT2D eigenvalue weighted by Crippen LogP contribution is -2.38. The highest BCUT2D eigenvalue weighted by Crippen LogP contribution is 2.24. The van der Waals surface area contributed by atoms with Crippen molar-refractivity contribution in [3.63, 3.8) is 0 Å². The number of benzene rings is 2. The van der Waals surface area contributed by atoms with E-state index in [9.17, 15) is 14.4 Å². The summed E-state index contributed by atoms with van der Waals surface area (Å²) >= 11 is 1.02. The van der Waals surface area contributed by atoms with Crippen LogP contribution in [0.4, 0.5) is 9.59 Å². The SMILES string of the molecule is CC(COc1ccc(CC2SC(=O)NC2=O)cc1)N1CC(COCCCCCCc2ccccc2)OC1=O. The number of carbonyl (C=O) groups excluding carboxylic acids is 3. The second-order valence-corrected chi connectivity index (χ2v) is 10.9. The van der Waals surface area contributed by atoms with Gasteiger partial charge in [0.1, 0.15) is 18.5 Å². The molecule has 0 saturated carbocycles. The van der Waals surface area contributed by atoms with Gasteiger partial charge in [-0.1, -0.05) is 67.1 Å². The molecule has 2 aliphatic heterocycles. The summed E-state index contributed by atoms with van der Waals surface area (Å²) in [4.78, 5) is 37.1. The molecule has 2 aromatic rings. The van der Waals surface area contributed by atoms with Crippen LogP contribution < -0.4 is 10.1 Å². The average molecular weight is 541 g/mol. The molecule has 9 heteroatoms. The highest BCUT2D eigenvalue weighted by atomic mass is 32.2. The zero-order chi connectivity index (χ0) is 26.7. The molecule has 1 N–H and O–H groups in total. The predicted octanol–water partition coefficient (Wildman–Crippen LogP) is 4.99. The molecule has 3 unspecified atom stereocenters. The Hall–Kier alpha value is -3.04. The molecule has 0 aromatic heterocycles. The number of nitrogens with one attached hydrogen (secondary N) is 1. The van der Waals surface area contributed by atoms with Gasteiger partial charge in [0.05, 0.1) is 24.4 Å². The highest BCUT2D eigenvalue weighted by molar-refractivity contribution is 8.15. The average Bonchev–Trinajstić information content (AvgIpc) is 3.45. The van der Waals surface area contributed by atoms with Crippen LogP contribution in [0.1, 0.15) is 43.7 Å². The van der Waals surface area contributed by atoms with E-state index in [1.807, 2.05) is 37.3 Å². The number of thioether (sulfide) groups is 1. The summed E-state index contributed by atoms with van der Waals surface area (Å²) in [5, 5.41) is 1.61. The Balaban J connectivity index is 1.07. The second kappa shape index (κ2) is 14.2. The number of imide groups is 1. The molecule has 0 radical (unpaired) electrons. The van der Waals surface area contributed by atoms with Crippen molar-refractivity contribution in [1.29, 1.82) is 0 Å². The monoisotopic (exact) mass is 540 g/mol. The minimum Gasteiger partial charge on any atom is -0.491 e. The number of nitrogens with zero attached hydrogens (tertiary/aromatic N) is 1. The first-order valence-corrected chi connectivity index (χ1v) is 14.2. The number of unbranched alkanes of at least 4 members (excludes halogenated alkanes) is 3. The van der Waals surface area contributed by atoms with Gasteiger partial charge in [-0.2, -0.15) is 0 Å². The number of ether oxygens (including phenoxy) is 3. The molecule has 2 saturated heterocycles. The van der Waals surface area contributed by atoms with Gasteiger partial charge in [-0.05, 0) is 55.9 Å². The van der Waals surface area contributed by atoms with Crippen molar-refractivity contribution in [2.24, 2.45) is 0 Å². The third kappa shape index (κ3) is 8.49. The molecule has 2 heterocycles. The van der Waals surface area contributed by atoms with Crippen LogP contribution in [0.5, 0.6) is 5.75 Å². The lowest BCUT2D eigenvalue weighted by molar-refractivity contribution is -0.118. The van der Waals surface area contributed by atoms with E-state index in [1.54, 1.807) is 4.90 Å². The minimum atomic E-state index is -0.391. The van der Waals surface area contributed by atoms with Gasteiger partial charge in [-0.3, -0.25) is 19.8 Å². The van der Waals surface area contributed by atoms with Crippen molar-refractivity contribution in [2.75, 3.05) is 26.4 Å². The van der Waals surface area contributed by atoms with E-state index in [-0.39, 0.29) is 29.4 Å². The zero-order valence-electron chi connectivity index (χ0n) is 21.8. The lowest BCUT2D eigenvalue weighted by atomic mass is 10.1. The molecule has 0 aliphatic carbocycles. The molecule has 0 bridgehead atoms. The molecule has 204 valence electrons. The van der Waals surface area contributed by atoms with Crippen LogP contribution in [0.2, 0.25) is 0 Å². The van der Waals surface area contributed by atoms with Crippen molar-refractivity contribution in [3.8, 4) is 5.75 Å². The van der Waals surface area contributed by atoms with E-state index in [4.69, 9.17) is 14.2 Å².